The minimum atomic E-state index is 0.182. The van der Waals surface area contributed by atoms with Crippen LogP contribution in [0.4, 0.5) is 0 Å². The smallest absolute Gasteiger partial charge is 0.120 e. The summed E-state index contributed by atoms with van der Waals surface area (Å²) in [6.07, 6.45) is 5.29. The monoisotopic (exact) mass is 343 g/mol. The van der Waals surface area contributed by atoms with Crippen molar-refractivity contribution in [2.24, 2.45) is 5.41 Å². The van der Waals surface area contributed by atoms with E-state index in [1.165, 1.54) is 24.9 Å². The molecule has 2 nitrogen and oxygen atoms in total. The van der Waals surface area contributed by atoms with Crippen LogP contribution < -0.4 is 0 Å². The van der Waals surface area contributed by atoms with Gasteiger partial charge in [-0.1, -0.05) is 50.0 Å². The molecule has 1 aromatic carbocycles. The second-order valence-electron chi connectivity index (χ2n) is 7.16. The molecule has 1 fully saturated rings. The third kappa shape index (κ3) is 7.13. The molecule has 2 rings (SSSR count). The Bertz CT molecular complexity index is 482. The van der Waals surface area contributed by atoms with Crippen molar-refractivity contribution in [3.8, 4) is 0 Å². The van der Waals surface area contributed by atoms with E-state index in [2.05, 4.69) is 18.0 Å². The van der Waals surface area contributed by atoms with Gasteiger partial charge in [-0.3, -0.25) is 0 Å². The normalized spacial score (nSPS) is 18.7. The molecule has 0 amide bonds. The number of carbonyl (C=O) groups excluding carboxylic acids is 1. The van der Waals surface area contributed by atoms with Crippen LogP contribution in [0.2, 0.25) is 10.0 Å². The molecule has 0 radical (unpaired) electrons. The molecule has 1 aliphatic rings. The molecule has 0 aromatic heterocycles. The van der Waals surface area contributed by atoms with Crippen LogP contribution in [0, 0.1) is 5.41 Å². The Hall–Kier alpha value is -0.570. The van der Waals surface area contributed by atoms with Gasteiger partial charge in [-0.15, -0.1) is 0 Å². The van der Waals surface area contributed by atoms with E-state index >= 15 is 0 Å². The van der Waals surface area contributed by atoms with Gasteiger partial charge in [-0.2, -0.15) is 0 Å². The highest BCUT2D eigenvalue weighted by molar-refractivity contribution is 6.42. The zero-order valence-electron chi connectivity index (χ0n) is 14.0. The van der Waals surface area contributed by atoms with Crippen LogP contribution in [0.5, 0.6) is 0 Å². The second kappa shape index (κ2) is 8.90. The highest BCUT2D eigenvalue weighted by atomic mass is 35.5. The lowest BCUT2D eigenvalue weighted by atomic mass is 9.93. The van der Waals surface area contributed by atoms with Crippen molar-refractivity contribution in [3.05, 3.63) is 33.8 Å². The van der Waals surface area contributed by atoms with E-state index in [1.807, 2.05) is 32.9 Å². The molecule has 0 bridgehead atoms. The highest BCUT2D eigenvalue weighted by Gasteiger charge is 2.20. The predicted molar refractivity (Wildman–Crippen MR) is 96.0 cm³/mol. The first-order valence-corrected chi connectivity index (χ1v) is 8.56. The zero-order chi connectivity index (χ0) is 16.8. The summed E-state index contributed by atoms with van der Waals surface area (Å²) in [6.45, 7) is 7.34. The van der Waals surface area contributed by atoms with Crippen LogP contribution in [0.1, 0.15) is 45.6 Å². The molecule has 1 aliphatic heterocycles. The molecule has 0 aliphatic carbocycles. The van der Waals surface area contributed by atoms with Crippen molar-refractivity contribution in [2.45, 2.75) is 52.5 Å². The van der Waals surface area contributed by atoms with Gasteiger partial charge in [0, 0.05) is 12.5 Å². The number of aldehydes is 1. The Kier molecular flexibility index (Phi) is 7.88. The summed E-state index contributed by atoms with van der Waals surface area (Å²) in [5.74, 6) is 0. The summed E-state index contributed by atoms with van der Waals surface area (Å²) in [5, 5.41) is 1.30. The third-order valence-corrected chi connectivity index (χ3v) is 4.56. The molecule has 4 heteroatoms. The van der Waals surface area contributed by atoms with E-state index in [-0.39, 0.29) is 5.41 Å². The van der Waals surface area contributed by atoms with Crippen molar-refractivity contribution in [1.82, 2.24) is 4.90 Å². The first-order valence-electron chi connectivity index (χ1n) is 7.81. The number of benzene rings is 1. The summed E-state index contributed by atoms with van der Waals surface area (Å²) in [5.41, 5.74) is 1.46. The molecule has 1 heterocycles. The lowest BCUT2D eigenvalue weighted by Gasteiger charge is -2.19. The maximum Gasteiger partial charge on any atom is 0.120 e. The molecule has 1 atom stereocenters. The third-order valence-electron chi connectivity index (χ3n) is 3.82. The van der Waals surface area contributed by atoms with Crippen LogP contribution in [0.3, 0.4) is 0 Å². The van der Waals surface area contributed by atoms with E-state index in [4.69, 9.17) is 23.2 Å². The standard InChI is InChI=1S/C12H15Cl2N.C6H12O/c1-15-6-2-3-10(15)7-9-4-5-11(13)12(14)8-9;1-6(2,3)4-5-7/h4-5,8,10H,2-3,6-7H2,1H3;5H,4H2,1-3H3. The number of hydrogen-bond acceptors (Lipinski definition) is 2. The summed E-state index contributed by atoms with van der Waals surface area (Å²) in [6, 6.07) is 6.60. The summed E-state index contributed by atoms with van der Waals surface area (Å²) >= 11 is 11.9. The number of nitrogens with zero attached hydrogens (tertiary/aromatic N) is 1. The lowest BCUT2D eigenvalue weighted by molar-refractivity contribution is -0.109. The molecule has 124 valence electrons. The van der Waals surface area contributed by atoms with E-state index in [9.17, 15) is 4.79 Å². The van der Waals surface area contributed by atoms with Gasteiger partial charge in [0.1, 0.15) is 6.29 Å². The van der Waals surface area contributed by atoms with Crippen LogP contribution in [-0.2, 0) is 11.2 Å². The summed E-state index contributed by atoms with van der Waals surface area (Å²) < 4.78 is 0. The van der Waals surface area contributed by atoms with Gasteiger partial charge in [0.15, 0.2) is 0 Å². The van der Waals surface area contributed by atoms with Gasteiger partial charge >= 0.3 is 0 Å². The Morgan fingerprint density at radius 2 is 1.95 bits per heavy atom. The van der Waals surface area contributed by atoms with Crippen molar-refractivity contribution < 1.29 is 4.79 Å². The first kappa shape index (κ1) is 19.5. The quantitative estimate of drug-likeness (QED) is 0.698. The van der Waals surface area contributed by atoms with Gasteiger partial charge in [-0.05, 0) is 56.0 Å². The van der Waals surface area contributed by atoms with Crippen LogP contribution >= 0.6 is 23.2 Å². The molecule has 0 saturated carbocycles. The van der Waals surface area contributed by atoms with E-state index in [0.29, 0.717) is 22.5 Å². The number of carbonyl (C=O) groups is 1. The van der Waals surface area contributed by atoms with Crippen molar-refractivity contribution in [1.29, 1.82) is 0 Å². The van der Waals surface area contributed by atoms with Crippen molar-refractivity contribution in [2.75, 3.05) is 13.6 Å². The van der Waals surface area contributed by atoms with Gasteiger partial charge in [0.2, 0.25) is 0 Å². The average Bonchev–Trinajstić information content (AvgIpc) is 2.79. The zero-order valence-corrected chi connectivity index (χ0v) is 15.5. The first-order chi connectivity index (χ1) is 10.2. The Labute approximate surface area is 144 Å². The van der Waals surface area contributed by atoms with Crippen molar-refractivity contribution >= 4 is 29.5 Å². The summed E-state index contributed by atoms with van der Waals surface area (Å²) in [4.78, 5) is 12.2. The molecule has 0 N–H and O–H groups in total. The molecule has 1 aromatic rings. The Morgan fingerprint density at radius 1 is 1.27 bits per heavy atom. The van der Waals surface area contributed by atoms with Gasteiger partial charge < -0.3 is 9.69 Å². The molecule has 1 saturated heterocycles. The number of hydrogen-bond donors (Lipinski definition) is 0. The fraction of sp³-hybridized carbons (Fsp3) is 0.611. The predicted octanol–water partition coefficient (Wildman–Crippen LogP) is 5.25. The minimum Gasteiger partial charge on any atom is -0.303 e. The average molecular weight is 344 g/mol. The number of likely N-dealkylation sites (tertiary alicyclic amines) is 1. The van der Waals surface area contributed by atoms with Gasteiger partial charge in [0.25, 0.3) is 0 Å². The number of halogens is 2. The fourth-order valence-corrected chi connectivity index (χ4v) is 2.75. The van der Waals surface area contributed by atoms with E-state index in [1.54, 1.807) is 0 Å². The SMILES string of the molecule is CC(C)(C)CC=O.CN1CCCC1Cc1ccc(Cl)c(Cl)c1. The van der Waals surface area contributed by atoms with Crippen LogP contribution in [0.25, 0.3) is 0 Å². The van der Waals surface area contributed by atoms with Crippen LogP contribution in [0.15, 0.2) is 18.2 Å². The van der Waals surface area contributed by atoms with Crippen molar-refractivity contribution in [3.63, 3.8) is 0 Å². The molecule has 1 unspecified atom stereocenters. The summed E-state index contributed by atoms with van der Waals surface area (Å²) in [7, 11) is 2.19. The fourth-order valence-electron chi connectivity index (χ4n) is 2.43. The van der Waals surface area contributed by atoms with Gasteiger partial charge in [-0.25, -0.2) is 0 Å². The maximum atomic E-state index is 9.82. The Balaban J connectivity index is 0.000000295. The topological polar surface area (TPSA) is 20.3 Å². The van der Waals surface area contributed by atoms with Gasteiger partial charge in [0.05, 0.1) is 10.0 Å². The largest absolute Gasteiger partial charge is 0.303 e. The number of rotatable bonds is 3. The maximum absolute atomic E-state index is 9.82. The molecule has 0 spiro atoms. The molecular weight excluding hydrogens is 317 g/mol. The molecule has 22 heavy (non-hydrogen) atoms. The minimum absolute atomic E-state index is 0.182. The Morgan fingerprint density at radius 3 is 2.36 bits per heavy atom. The highest BCUT2D eigenvalue weighted by Crippen LogP contribution is 2.25. The lowest BCUT2D eigenvalue weighted by Crippen LogP contribution is -2.26. The molecular formula is C18H27Cl2NO. The van der Waals surface area contributed by atoms with Crippen LogP contribution in [-0.4, -0.2) is 30.8 Å². The van der Waals surface area contributed by atoms with E-state index < -0.39 is 0 Å². The second-order valence-corrected chi connectivity index (χ2v) is 7.98. The van der Waals surface area contributed by atoms with E-state index in [0.717, 1.165) is 12.7 Å². The number of likely N-dealkylation sites (N-methyl/N-ethyl adjacent to an activating group) is 1.